The van der Waals surface area contributed by atoms with Crippen molar-refractivity contribution in [2.45, 2.75) is 52.5 Å². The molecule has 1 unspecified atom stereocenters. The van der Waals surface area contributed by atoms with Gasteiger partial charge in [0.15, 0.2) is 0 Å². The number of H-pyrrole nitrogens is 1. The number of hydrogen-bond donors (Lipinski definition) is 2. The number of imidazole rings is 1. The van der Waals surface area contributed by atoms with Crippen LogP contribution >= 0.6 is 0 Å². The fourth-order valence-corrected chi connectivity index (χ4v) is 2.44. The first-order valence-corrected chi connectivity index (χ1v) is 7.69. The highest BCUT2D eigenvalue weighted by Crippen LogP contribution is 2.26. The van der Waals surface area contributed by atoms with Gasteiger partial charge in [-0.25, -0.2) is 4.98 Å². The number of aromatic nitrogens is 2. The first-order chi connectivity index (χ1) is 9.77. The molecule has 0 saturated carbocycles. The SMILES string of the molecule is CC(C)CC(N)c1ncc(-c2ccc(C(C)(C)C)cc2)[nH]1. The van der Waals surface area contributed by atoms with Gasteiger partial charge in [0, 0.05) is 0 Å². The van der Waals surface area contributed by atoms with Gasteiger partial charge in [-0.05, 0) is 28.9 Å². The van der Waals surface area contributed by atoms with Crippen molar-refractivity contribution in [3.63, 3.8) is 0 Å². The van der Waals surface area contributed by atoms with Crippen LogP contribution in [0.2, 0.25) is 0 Å². The highest BCUT2D eigenvalue weighted by Gasteiger charge is 2.15. The van der Waals surface area contributed by atoms with Gasteiger partial charge in [-0.2, -0.15) is 0 Å². The third-order valence-corrected chi connectivity index (χ3v) is 3.73. The fraction of sp³-hybridized carbons (Fsp3) is 0.500. The van der Waals surface area contributed by atoms with Crippen LogP contribution in [0, 0.1) is 5.92 Å². The van der Waals surface area contributed by atoms with E-state index in [9.17, 15) is 0 Å². The number of rotatable bonds is 4. The molecule has 1 aromatic carbocycles. The lowest BCUT2D eigenvalue weighted by Gasteiger charge is -2.19. The van der Waals surface area contributed by atoms with Gasteiger partial charge in [-0.15, -0.1) is 0 Å². The van der Waals surface area contributed by atoms with Crippen molar-refractivity contribution in [1.29, 1.82) is 0 Å². The molecule has 3 heteroatoms. The Morgan fingerprint density at radius 2 is 1.76 bits per heavy atom. The summed E-state index contributed by atoms with van der Waals surface area (Å²) in [5, 5.41) is 0. The molecule has 21 heavy (non-hydrogen) atoms. The number of hydrogen-bond acceptors (Lipinski definition) is 2. The Balaban J connectivity index is 2.18. The van der Waals surface area contributed by atoms with Gasteiger partial charge in [-0.1, -0.05) is 58.9 Å². The zero-order valence-corrected chi connectivity index (χ0v) is 13.8. The van der Waals surface area contributed by atoms with E-state index in [1.54, 1.807) is 0 Å². The third-order valence-electron chi connectivity index (χ3n) is 3.73. The monoisotopic (exact) mass is 285 g/mol. The number of nitrogens with two attached hydrogens (primary N) is 1. The lowest BCUT2D eigenvalue weighted by atomic mass is 9.86. The Labute approximate surface area is 128 Å². The van der Waals surface area contributed by atoms with Crippen LogP contribution in [0.3, 0.4) is 0 Å². The predicted molar refractivity (Wildman–Crippen MR) is 89.1 cm³/mol. The van der Waals surface area contributed by atoms with Gasteiger partial charge in [-0.3, -0.25) is 0 Å². The molecule has 0 saturated heterocycles. The fourth-order valence-electron chi connectivity index (χ4n) is 2.44. The van der Waals surface area contributed by atoms with Crippen LogP contribution in [0.15, 0.2) is 30.5 Å². The van der Waals surface area contributed by atoms with Crippen molar-refractivity contribution in [2.24, 2.45) is 11.7 Å². The molecule has 3 nitrogen and oxygen atoms in total. The second kappa shape index (κ2) is 6.02. The molecule has 1 heterocycles. The summed E-state index contributed by atoms with van der Waals surface area (Å²) in [5.41, 5.74) is 9.87. The van der Waals surface area contributed by atoms with Crippen molar-refractivity contribution in [3.05, 3.63) is 41.9 Å². The zero-order chi connectivity index (χ0) is 15.6. The van der Waals surface area contributed by atoms with Crippen molar-refractivity contribution in [3.8, 4) is 11.3 Å². The molecule has 1 aromatic heterocycles. The molecule has 1 atom stereocenters. The summed E-state index contributed by atoms with van der Waals surface area (Å²) in [6.07, 6.45) is 2.82. The lowest BCUT2D eigenvalue weighted by molar-refractivity contribution is 0.496. The van der Waals surface area contributed by atoms with E-state index < -0.39 is 0 Å². The Kier molecular flexibility index (Phi) is 4.52. The second-order valence-electron chi connectivity index (χ2n) is 7.25. The molecule has 0 aliphatic rings. The summed E-state index contributed by atoms with van der Waals surface area (Å²) >= 11 is 0. The van der Waals surface area contributed by atoms with Gasteiger partial charge in [0.25, 0.3) is 0 Å². The van der Waals surface area contributed by atoms with E-state index in [1.165, 1.54) is 5.56 Å². The highest BCUT2D eigenvalue weighted by atomic mass is 15.0. The number of benzene rings is 1. The summed E-state index contributed by atoms with van der Waals surface area (Å²) in [5.74, 6) is 1.44. The van der Waals surface area contributed by atoms with Gasteiger partial charge in [0.05, 0.1) is 17.9 Å². The molecular weight excluding hydrogens is 258 g/mol. The van der Waals surface area contributed by atoms with Gasteiger partial charge < -0.3 is 10.7 Å². The zero-order valence-electron chi connectivity index (χ0n) is 13.8. The van der Waals surface area contributed by atoms with E-state index in [0.29, 0.717) is 5.92 Å². The van der Waals surface area contributed by atoms with Crippen LogP contribution in [0.25, 0.3) is 11.3 Å². The number of nitrogens with one attached hydrogen (secondary N) is 1. The molecule has 0 spiro atoms. The lowest BCUT2D eigenvalue weighted by Crippen LogP contribution is -2.14. The summed E-state index contributed by atoms with van der Waals surface area (Å²) in [6.45, 7) is 11.0. The predicted octanol–water partition coefficient (Wildman–Crippen LogP) is 4.42. The standard InChI is InChI=1S/C18H27N3/c1-12(2)10-15(19)17-20-11-16(21-17)13-6-8-14(9-7-13)18(3,4)5/h6-9,11-12,15H,10,19H2,1-5H3,(H,20,21). The van der Waals surface area contributed by atoms with E-state index in [1.807, 2.05) is 6.20 Å². The first kappa shape index (κ1) is 15.8. The number of aromatic amines is 1. The molecule has 0 radical (unpaired) electrons. The largest absolute Gasteiger partial charge is 0.341 e. The van der Waals surface area contributed by atoms with Crippen LogP contribution in [-0.4, -0.2) is 9.97 Å². The quantitative estimate of drug-likeness (QED) is 0.873. The van der Waals surface area contributed by atoms with Gasteiger partial charge in [0.1, 0.15) is 5.82 Å². The topological polar surface area (TPSA) is 54.7 Å². The molecule has 0 fully saturated rings. The summed E-state index contributed by atoms with van der Waals surface area (Å²) in [4.78, 5) is 7.79. The maximum absolute atomic E-state index is 6.17. The molecule has 0 amide bonds. The van der Waals surface area contributed by atoms with Crippen LogP contribution in [-0.2, 0) is 5.41 Å². The average molecular weight is 285 g/mol. The van der Waals surface area contributed by atoms with Crippen LogP contribution in [0.4, 0.5) is 0 Å². The summed E-state index contributed by atoms with van der Waals surface area (Å²) in [7, 11) is 0. The smallest absolute Gasteiger partial charge is 0.123 e. The Morgan fingerprint density at radius 1 is 1.14 bits per heavy atom. The minimum Gasteiger partial charge on any atom is -0.341 e. The summed E-state index contributed by atoms with van der Waals surface area (Å²) < 4.78 is 0. The van der Waals surface area contributed by atoms with Crippen molar-refractivity contribution in [2.75, 3.05) is 0 Å². The normalized spacial score (nSPS) is 13.7. The maximum Gasteiger partial charge on any atom is 0.123 e. The molecular formula is C18H27N3. The van der Waals surface area contributed by atoms with Crippen molar-refractivity contribution in [1.82, 2.24) is 9.97 Å². The second-order valence-corrected chi connectivity index (χ2v) is 7.25. The van der Waals surface area contributed by atoms with Crippen molar-refractivity contribution < 1.29 is 0 Å². The van der Waals surface area contributed by atoms with Crippen LogP contribution < -0.4 is 5.73 Å². The van der Waals surface area contributed by atoms with E-state index in [-0.39, 0.29) is 11.5 Å². The highest BCUT2D eigenvalue weighted by molar-refractivity contribution is 5.59. The molecule has 0 aliphatic heterocycles. The van der Waals surface area contributed by atoms with E-state index in [4.69, 9.17) is 5.73 Å². The molecule has 0 bridgehead atoms. The molecule has 2 rings (SSSR count). The maximum atomic E-state index is 6.17. The van der Waals surface area contributed by atoms with Gasteiger partial charge >= 0.3 is 0 Å². The Hall–Kier alpha value is -1.61. The molecule has 3 N–H and O–H groups in total. The summed E-state index contributed by atoms with van der Waals surface area (Å²) in [6, 6.07) is 8.64. The van der Waals surface area contributed by atoms with Crippen LogP contribution in [0.5, 0.6) is 0 Å². The molecule has 2 aromatic rings. The minimum atomic E-state index is -0.0207. The van der Waals surface area contributed by atoms with Crippen LogP contribution in [0.1, 0.15) is 58.5 Å². The van der Waals surface area contributed by atoms with E-state index >= 15 is 0 Å². The molecule has 0 aliphatic carbocycles. The molecule has 114 valence electrons. The van der Waals surface area contributed by atoms with Gasteiger partial charge in [0.2, 0.25) is 0 Å². The first-order valence-electron chi connectivity index (χ1n) is 7.69. The van der Waals surface area contributed by atoms with E-state index in [0.717, 1.165) is 23.5 Å². The Morgan fingerprint density at radius 3 is 2.29 bits per heavy atom. The van der Waals surface area contributed by atoms with E-state index in [2.05, 4.69) is 68.9 Å². The number of nitrogens with zero attached hydrogens (tertiary/aromatic N) is 1. The van der Waals surface area contributed by atoms with Crippen molar-refractivity contribution >= 4 is 0 Å². The Bertz CT molecular complexity index is 573. The minimum absolute atomic E-state index is 0.0207. The average Bonchev–Trinajstić information content (AvgIpc) is 2.86. The third kappa shape index (κ3) is 3.94.